The Morgan fingerprint density at radius 3 is 2.40 bits per heavy atom. The van der Waals surface area contributed by atoms with Gasteiger partial charge < -0.3 is 9.47 Å². The molecule has 0 radical (unpaired) electrons. The van der Waals surface area contributed by atoms with Gasteiger partial charge in [0.15, 0.2) is 18.2 Å². The molecule has 30 heavy (non-hydrogen) atoms. The van der Waals surface area contributed by atoms with Crippen molar-refractivity contribution in [1.29, 1.82) is 0 Å². The molecule has 3 aromatic rings. The van der Waals surface area contributed by atoms with Gasteiger partial charge in [-0.05, 0) is 54.4 Å². The molecule has 0 aromatic heterocycles. The molecule has 7 heteroatoms. The average molecular weight is 410 g/mol. The number of halogens is 2. The molecule has 0 atom stereocenters. The van der Waals surface area contributed by atoms with Crippen LogP contribution in [0.5, 0.6) is 11.5 Å². The Kier molecular flexibility index (Phi) is 7.10. The van der Waals surface area contributed by atoms with E-state index in [2.05, 4.69) is 10.5 Å². The summed E-state index contributed by atoms with van der Waals surface area (Å²) in [4.78, 5) is 11.8. The van der Waals surface area contributed by atoms with Crippen molar-refractivity contribution < 1.29 is 23.0 Å². The van der Waals surface area contributed by atoms with Crippen LogP contribution in [-0.2, 0) is 11.4 Å². The van der Waals surface area contributed by atoms with E-state index in [0.717, 1.165) is 23.3 Å². The Hall–Kier alpha value is -3.74. The highest BCUT2D eigenvalue weighted by molar-refractivity contribution is 5.99. The third-order valence-corrected chi connectivity index (χ3v) is 4.12. The second kappa shape index (κ2) is 10.2. The molecule has 0 aliphatic carbocycles. The predicted molar refractivity (Wildman–Crippen MR) is 109 cm³/mol. The molecule has 5 nitrogen and oxygen atoms in total. The Bertz CT molecular complexity index is 1020. The van der Waals surface area contributed by atoms with E-state index in [0.29, 0.717) is 24.1 Å². The highest BCUT2D eigenvalue weighted by atomic mass is 19.1. The maximum atomic E-state index is 13.5. The molecular weight excluding hydrogens is 390 g/mol. The number of hydrazone groups is 1. The van der Waals surface area contributed by atoms with Crippen molar-refractivity contribution in [2.75, 3.05) is 6.61 Å². The second-order valence-electron chi connectivity index (χ2n) is 6.39. The summed E-state index contributed by atoms with van der Waals surface area (Å²) in [6, 6.07) is 20.0. The van der Waals surface area contributed by atoms with E-state index in [4.69, 9.17) is 9.47 Å². The molecule has 0 aliphatic heterocycles. The largest absolute Gasteiger partial charge is 0.489 e. The monoisotopic (exact) mass is 410 g/mol. The number of nitrogens with zero attached hydrogens (tertiary/aromatic N) is 1. The van der Waals surface area contributed by atoms with Crippen LogP contribution < -0.4 is 14.9 Å². The van der Waals surface area contributed by atoms with Crippen LogP contribution in [0.2, 0.25) is 0 Å². The molecule has 3 aromatic carbocycles. The van der Waals surface area contributed by atoms with E-state index < -0.39 is 24.1 Å². The summed E-state index contributed by atoms with van der Waals surface area (Å²) in [5.41, 5.74) is 4.79. The number of amides is 1. The quantitative estimate of drug-likeness (QED) is 0.441. The minimum Gasteiger partial charge on any atom is -0.489 e. The van der Waals surface area contributed by atoms with Gasteiger partial charge in [-0.15, -0.1) is 0 Å². The number of ether oxygens (including phenoxy) is 2. The molecule has 0 bridgehead atoms. The topological polar surface area (TPSA) is 59.9 Å². The first kappa shape index (κ1) is 21.0. The number of benzene rings is 3. The molecule has 0 spiro atoms. The van der Waals surface area contributed by atoms with Crippen LogP contribution in [0.15, 0.2) is 77.9 Å². The SMILES string of the molecule is C/C(=N\NC(=O)COc1ccc(F)cc1F)c1ccc(OCc2ccccc2)cc1. The number of carbonyl (C=O) groups excluding carboxylic acids is 1. The number of hydrogen-bond donors (Lipinski definition) is 1. The van der Waals surface area contributed by atoms with Gasteiger partial charge in [-0.1, -0.05) is 30.3 Å². The van der Waals surface area contributed by atoms with E-state index in [1.807, 2.05) is 54.6 Å². The Morgan fingerprint density at radius 1 is 0.967 bits per heavy atom. The van der Waals surface area contributed by atoms with Crippen LogP contribution in [0.4, 0.5) is 8.78 Å². The highest BCUT2D eigenvalue weighted by Gasteiger charge is 2.08. The highest BCUT2D eigenvalue weighted by Crippen LogP contribution is 2.17. The summed E-state index contributed by atoms with van der Waals surface area (Å²) in [5.74, 6) is -1.66. The van der Waals surface area contributed by atoms with Gasteiger partial charge in [0.05, 0.1) is 5.71 Å². The van der Waals surface area contributed by atoms with Crippen molar-refractivity contribution in [2.45, 2.75) is 13.5 Å². The first-order valence-corrected chi connectivity index (χ1v) is 9.19. The van der Waals surface area contributed by atoms with Gasteiger partial charge in [0.25, 0.3) is 5.91 Å². The molecule has 0 saturated carbocycles. The van der Waals surface area contributed by atoms with E-state index in [1.165, 1.54) is 0 Å². The summed E-state index contributed by atoms with van der Waals surface area (Å²) >= 11 is 0. The van der Waals surface area contributed by atoms with E-state index in [9.17, 15) is 13.6 Å². The fourth-order valence-corrected chi connectivity index (χ4v) is 2.51. The zero-order valence-electron chi connectivity index (χ0n) is 16.3. The lowest BCUT2D eigenvalue weighted by molar-refractivity contribution is -0.123. The number of carbonyl (C=O) groups is 1. The number of nitrogens with one attached hydrogen (secondary N) is 1. The number of rotatable bonds is 8. The van der Waals surface area contributed by atoms with Crippen LogP contribution >= 0.6 is 0 Å². The van der Waals surface area contributed by atoms with Gasteiger partial charge in [-0.2, -0.15) is 5.10 Å². The van der Waals surface area contributed by atoms with E-state index in [1.54, 1.807) is 6.92 Å². The minimum absolute atomic E-state index is 0.210. The van der Waals surface area contributed by atoms with Gasteiger partial charge in [0, 0.05) is 6.07 Å². The van der Waals surface area contributed by atoms with Gasteiger partial charge >= 0.3 is 0 Å². The molecule has 1 amide bonds. The lowest BCUT2D eigenvalue weighted by Gasteiger charge is -2.08. The molecule has 1 N–H and O–H groups in total. The third kappa shape index (κ3) is 6.13. The summed E-state index contributed by atoms with van der Waals surface area (Å²) in [7, 11) is 0. The Morgan fingerprint density at radius 2 is 1.70 bits per heavy atom. The first-order valence-electron chi connectivity index (χ1n) is 9.19. The van der Waals surface area contributed by atoms with Crippen LogP contribution in [0, 0.1) is 11.6 Å². The fraction of sp³-hybridized carbons (Fsp3) is 0.130. The molecule has 0 unspecified atom stereocenters. The Balaban J connectivity index is 1.49. The maximum Gasteiger partial charge on any atom is 0.277 e. The molecular formula is C23H20F2N2O3. The van der Waals surface area contributed by atoms with Crippen molar-refractivity contribution in [3.05, 3.63) is 95.6 Å². The molecule has 0 saturated heterocycles. The summed E-state index contributed by atoms with van der Waals surface area (Å²) in [6.45, 7) is 1.75. The molecule has 154 valence electrons. The molecule has 0 heterocycles. The normalized spacial score (nSPS) is 11.1. The van der Waals surface area contributed by atoms with Crippen LogP contribution in [0.25, 0.3) is 0 Å². The smallest absolute Gasteiger partial charge is 0.277 e. The van der Waals surface area contributed by atoms with Crippen molar-refractivity contribution in [3.8, 4) is 11.5 Å². The van der Waals surface area contributed by atoms with Crippen molar-refractivity contribution in [1.82, 2.24) is 5.43 Å². The number of hydrogen-bond acceptors (Lipinski definition) is 4. The fourth-order valence-electron chi connectivity index (χ4n) is 2.51. The van der Waals surface area contributed by atoms with Crippen molar-refractivity contribution in [2.24, 2.45) is 5.10 Å². The standard InChI is InChI=1S/C23H20F2N2O3/c1-16(26-27-23(28)15-30-22-12-9-19(24)13-21(22)25)18-7-10-20(11-8-18)29-14-17-5-3-2-4-6-17/h2-13H,14-15H2,1H3,(H,27,28)/b26-16+. The lowest BCUT2D eigenvalue weighted by Crippen LogP contribution is -2.25. The van der Waals surface area contributed by atoms with Crippen LogP contribution in [0.1, 0.15) is 18.1 Å². The van der Waals surface area contributed by atoms with Crippen molar-refractivity contribution >= 4 is 11.6 Å². The molecule has 0 fully saturated rings. The molecule has 0 aliphatic rings. The predicted octanol–water partition coefficient (Wildman–Crippen LogP) is 4.46. The van der Waals surface area contributed by atoms with Gasteiger partial charge in [0.1, 0.15) is 18.2 Å². The third-order valence-electron chi connectivity index (χ3n) is 4.12. The maximum absolute atomic E-state index is 13.5. The zero-order valence-corrected chi connectivity index (χ0v) is 16.3. The van der Waals surface area contributed by atoms with E-state index in [-0.39, 0.29) is 5.75 Å². The second-order valence-corrected chi connectivity index (χ2v) is 6.39. The van der Waals surface area contributed by atoms with Gasteiger partial charge in [0.2, 0.25) is 0 Å². The van der Waals surface area contributed by atoms with Crippen LogP contribution in [-0.4, -0.2) is 18.2 Å². The lowest BCUT2D eigenvalue weighted by atomic mass is 10.1. The summed E-state index contributed by atoms with van der Waals surface area (Å²) < 4.78 is 37.1. The molecule has 3 rings (SSSR count). The summed E-state index contributed by atoms with van der Waals surface area (Å²) in [6.07, 6.45) is 0. The average Bonchev–Trinajstić information content (AvgIpc) is 2.76. The van der Waals surface area contributed by atoms with Crippen molar-refractivity contribution in [3.63, 3.8) is 0 Å². The zero-order chi connectivity index (χ0) is 21.3. The van der Waals surface area contributed by atoms with Gasteiger partial charge in [-0.25, -0.2) is 14.2 Å². The summed E-state index contributed by atoms with van der Waals surface area (Å²) in [5, 5.41) is 4.01. The van der Waals surface area contributed by atoms with E-state index >= 15 is 0 Å². The Labute approximate surface area is 173 Å². The minimum atomic E-state index is -0.878. The van der Waals surface area contributed by atoms with Crippen LogP contribution in [0.3, 0.4) is 0 Å². The first-order chi connectivity index (χ1) is 14.5. The van der Waals surface area contributed by atoms with Gasteiger partial charge in [-0.3, -0.25) is 4.79 Å².